The Morgan fingerprint density at radius 1 is 1.29 bits per heavy atom. The molecule has 176 valence electrons. The number of nitrogens with one attached hydrogen (secondary N) is 2. The molecule has 1 amide bonds. The number of carbonyl (C=O) groups is 2. The Bertz CT molecular complexity index is 1310. The average molecular weight is 463 g/mol. The lowest BCUT2D eigenvalue weighted by molar-refractivity contribution is -0.134. The van der Waals surface area contributed by atoms with E-state index in [4.69, 9.17) is 4.52 Å². The van der Waals surface area contributed by atoms with Crippen molar-refractivity contribution < 1.29 is 18.8 Å². The molecule has 1 aliphatic rings. The Morgan fingerprint density at radius 3 is 2.82 bits per heavy atom. The van der Waals surface area contributed by atoms with Gasteiger partial charge in [0.2, 0.25) is 11.7 Å². The van der Waals surface area contributed by atoms with E-state index in [1.165, 1.54) is 0 Å². The fourth-order valence-corrected chi connectivity index (χ4v) is 3.19. The molecular formula is C24H26N6O4. The third-order valence-electron chi connectivity index (χ3n) is 5.48. The highest BCUT2D eigenvalue weighted by Crippen LogP contribution is 2.37. The van der Waals surface area contributed by atoms with E-state index in [0.29, 0.717) is 36.1 Å². The van der Waals surface area contributed by atoms with Gasteiger partial charge in [-0.2, -0.15) is 4.98 Å². The SMILES string of the molecule is CC1(OC=O)CC1.CNCc1nc(-c2ccc(C)c(NC(=O)c3cnc4ccccn34)c2)no1. The van der Waals surface area contributed by atoms with Crippen molar-refractivity contribution in [2.75, 3.05) is 12.4 Å². The molecule has 1 aliphatic carbocycles. The molecule has 10 nitrogen and oxygen atoms in total. The van der Waals surface area contributed by atoms with Crippen LogP contribution in [0.2, 0.25) is 0 Å². The van der Waals surface area contributed by atoms with E-state index in [1.54, 1.807) is 10.6 Å². The van der Waals surface area contributed by atoms with Crippen molar-refractivity contribution in [2.24, 2.45) is 0 Å². The lowest BCUT2D eigenvalue weighted by atomic mass is 10.1. The number of fused-ring (bicyclic) bond motifs is 1. The van der Waals surface area contributed by atoms with Crippen LogP contribution in [-0.2, 0) is 16.1 Å². The normalized spacial score (nSPS) is 13.6. The highest BCUT2D eigenvalue weighted by molar-refractivity contribution is 6.04. The van der Waals surface area contributed by atoms with Gasteiger partial charge >= 0.3 is 0 Å². The number of amides is 1. The molecule has 0 spiro atoms. The van der Waals surface area contributed by atoms with Crippen molar-refractivity contribution in [3.8, 4) is 11.4 Å². The number of hydrogen-bond acceptors (Lipinski definition) is 8. The van der Waals surface area contributed by atoms with Crippen molar-refractivity contribution in [2.45, 2.75) is 38.8 Å². The molecule has 1 aromatic carbocycles. The summed E-state index contributed by atoms with van der Waals surface area (Å²) in [7, 11) is 1.81. The number of pyridine rings is 1. The average Bonchev–Trinajstić information content (AvgIpc) is 3.22. The first-order chi connectivity index (χ1) is 16.4. The second-order valence-electron chi connectivity index (χ2n) is 8.26. The molecule has 4 aromatic rings. The lowest BCUT2D eigenvalue weighted by Gasteiger charge is -2.09. The van der Waals surface area contributed by atoms with Crippen LogP contribution in [0.1, 0.15) is 41.7 Å². The minimum Gasteiger partial charge on any atom is -0.462 e. The number of carbonyl (C=O) groups excluding carboxylic acids is 2. The number of ether oxygens (including phenoxy) is 1. The Hall–Kier alpha value is -4.05. The van der Waals surface area contributed by atoms with Crippen LogP contribution in [0.4, 0.5) is 5.69 Å². The predicted molar refractivity (Wildman–Crippen MR) is 125 cm³/mol. The molecule has 2 N–H and O–H groups in total. The Balaban J connectivity index is 0.000000336. The van der Waals surface area contributed by atoms with Gasteiger partial charge < -0.3 is 19.9 Å². The second-order valence-corrected chi connectivity index (χ2v) is 8.26. The summed E-state index contributed by atoms with van der Waals surface area (Å²) in [6.45, 7) is 4.88. The summed E-state index contributed by atoms with van der Waals surface area (Å²) in [6.07, 6.45) is 5.44. The maximum absolute atomic E-state index is 12.7. The van der Waals surface area contributed by atoms with Crippen molar-refractivity contribution in [1.82, 2.24) is 24.8 Å². The Kier molecular flexibility index (Phi) is 6.69. The Morgan fingerprint density at radius 2 is 2.12 bits per heavy atom. The quantitative estimate of drug-likeness (QED) is 0.401. The maximum Gasteiger partial charge on any atom is 0.293 e. The number of aryl methyl sites for hydroxylation is 1. The zero-order valence-corrected chi connectivity index (χ0v) is 19.2. The third-order valence-corrected chi connectivity index (χ3v) is 5.48. The molecule has 0 atom stereocenters. The fourth-order valence-electron chi connectivity index (χ4n) is 3.19. The summed E-state index contributed by atoms with van der Waals surface area (Å²) >= 11 is 0. The molecule has 0 bridgehead atoms. The minimum absolute atomic E-state index is 0.0677. The molecule has 0 saturated heterocycles. The summed E-state index contributed by atoms with van der Waals surface area (Å²) in [5, 5.41) is 9.91. The lowest BCUT2D eigenvalue weighted by Crippen LogP contribution is -2.15. The van der Waals surface area contributed by atoms with Crippen molar-refractivity contribution in [3.05, 3.63) is 65.9 Å². The number of aromatic nitrogens is 4. The monoisotopic (exact) mass is 462 g/mol. The number of nitrogens with zero attached hydrogens (tertiary/aromatic N) is 4. The predicted octanol–water partition coefficient (Wildman–Crippen LogP) is 3.38. The van der Waals surface area contributed by atoms with Crippen LogP contribution in [0.25, 0.3) is 17.0 Å². The minimum atomic E-state index is -0.238. The molecule has 0 radical (unpaired) electrons. The van der Waals surface area contributed by atoms with E-state index in [2.05, 4.69) is 30.5 Å². The fraction of sp³-hybridized carbons (Fsp3) is 0.292. The largest absolute Gasteiger partial charge is 0.462 e. The highest BCUT2D eigenvalue weighted by Gasteiger charge is 2.39. The molecule has 1 fully saturated rings. The van der Waals surface area contributed by atoms with Crippen molar-refractivity contribution in [3.63, 3.8) is 0 Å². The second kappa shape index (κ2) is 9.84. The summed E-state index contributed by atoms with van der Waals surface area (Å²) in [5.41, 5.74) is 3.49. The number of imidazole rings is 1. The molecule has 3 aromatic heterocycles. The summed E-state index contributed by atoms with van der Waals surface area (Å²) in [4.78, 5) is 31.0. The molecule has 34 heavy (non-hydrogen) atoms. The first-order valence-electron chi connectivity index (χ1n) is 10.9. The first kappa shape index (κ1) is 23.1. The van der Waals surface area contributed by atoms with E-state index >= 15 is 0 Å². The smallest absolute Gasteiger partial charge is 0.293 e. The van der Waals surface area contributed by atoms with Gasteiger partial charge in [-0.15, -0.1) is 0 Å². The van der Waals surface area contributed by atoms with Crippen LogP contribution in [0.5, 0.6) is 0 Å². The van der Waals surface area contributed by atoms with E-state index in [0.717, 1.165) is 29.6 Å². The standard InChI is InChI=1S/C19H18N6O2.C5H8O2/c1-12-6-7-13(18-23-17(11-20-2)27-24-18)9-14(12)22-19(26)15-10-21-16-5-3-4-8-25(15)16;1-5(2-3-5)7-4-6/h3-10,20H,11H2,1-2H3,(H,22,26);4H,2-3H2,1H3. The molecule has 5 rings (SSSR count). The van der Waals surface area contributed by atoms with Crippen LogP contribution in [0.3, 0.4) is 0 Å². The zero-order chi connectivity index (χ0) is 24.1. The van der Waals surface area contributed by atoms with E-state index in [9.17, 15) is 9.59 Å². The third kappa shape index (κ3) is 5.29. The van der Waals surface area contributed by atoms with Gasteiger partial charge in [0.05, 0.1) is 12.7 Å². The molecular weight excluding hydrogens is 436 g/mol. The van der Waals surface area contributed by atoms with Crippen LogP contribution in [-0.4, -0.2) is 44.6 Å². The number of rotatable bonds is 7. The zero-order valence-electron chi connectivity index (χ0n) is 19.2. The van der Waals surface area contributed by atoms with Crippen LogP contribution in [0, 0.1) is 6.92 Å². The summed E-state index contributed by atoms with van der Waals surface area (Å²) in [5.74, 6) is 0.743. The van der Waals surface area contributed by atoms with Crippen LogP contribution in [0.15, 0.2) is 53.3 Å². The van der Waals surface area contributed by atoms with Gasteiger partial charge in [-0.05, 0) is 57.5 Å². The molecule has 0 aliphatic heterocycles. The molecule has 10 heteroatoms. The van der Waals surface area contributed by atoms with Gasteiger partial charge in [-0.1, -0.05) is 23.4 Å². The van der Waals surface area contributed by atoms with Gasteiger partial charge in [0.1, 0.15) is 16.9 Å². The van der Waals surface area contributed by atoms with Crippen LogP contribution >= 0.6 is 0 Å². The highest BCUT2D eigenvalue weighted by atomic mass is 16.5. The summed E-state index contributed by atoms with van der Waals surface area (Å²) in [6, 6.07) is 11.2. The van der Waals surface area contributed by atoms with Crippen LogP contribution < -0.4 is 10.6 Å². The molecule has 3 heterocycles. The van der Waals surface area contributed by atoms with Gasteiger partial charge in [0.25, 0.3) is 12.4 Å². The topological polar surface area (TPSA) is 124 Å². The van der Waals surface area contributed by atoms with E-state index in [1.807, 2.05) is 63.5 Å². The first-order valence-corrected chi connectivity index (χ1v) is 10.9. The van der Waals surface area contributed by atoms with Gasteiger partial charge in [0.15, 0.2) is 0 Å². The number of hydrogen-bond donors (Lipinski definition) is 2. The van der Waals surface area contributed by atoms with Gasteiger partial charge in [0, 0.05) is 17.4 Å². The number of anilines is 1. The maximum atomic E-state index is 12.7. The summed E-state index contributed by atoms with van der Waals surface area (Å²) < 4.78 is 11.6. The van der Waals surface area contributed by atoms with E-state index < -0.39 is 0 Å². The Labute approximate surface area is 196 Å². The van der Waals surface area contributed by atoms with Crippen molar-refractivity contribution in [1.29, 1.82) is 0 Å². The molecule has 0 unspecified atom stereocenters. The number of benzene rings is 1. The van der Waals surface area contributed by atoms with Crippen molar-refractivity contribution >= 4 is 23.7 Å². The molecule has 1 saturated carbocycles. The van der Waals surface area contributed by atoms with Gasteiger partial charge in [-0.3, -0.25) is 14.0 Å². The van der Waals surface area contributed by atoms with Gasteiger partial charge in [-0.25, -0.2) is 4.98 Å². The van der Waals surface area contributed by atoms with E-state index in [-0.39, 0.29) is 11.5 Å².